The second-order valence-electron chi connectivity index (χ2n) is 6.21. The van der Waals surface area contributed by atoms with E-state index in [0.29, 0.717) is 12.1 Å². The van der Waals surface area contributed by atoms with Gasteiger partial charge in [-0.1, -0.05) is 28.1 Å². The topological polar surface area (TPSA) is 75.7 Å². The fraction of sp³-hybridized carbons (Fsp3) is 0.250. The Hall–Kier alpha value is -2.67. The molecule has 2 aromatic carbocycles. The van der Waals surface area contributed by atoms with Gasteiger partial charge in [0.15, 0.2) is 6.61 Å². The Kier molecular flexibility index (Phi) is 6.24. The van der Waals surface area contributed by atoms with E-state index in [0.717, 1.165) is 28.7 Å². The van der Waals surface area contributed by atoms with E-state index in [2.05, 4.69) is 21.2 Å². The van der Waals surface area contributed by atoms with Crippen molar-refractivity contribution in [2.24, 2.45) is 0 Å². The molecule has 3 rings (SSSR count). The summed E-state index contributed by atoms with van der Waals surface area (Å²) in [5.41, 5.74) is 2.23. The summed E-state index contributed by atoms with van der Waals surface area (Å²) in [5.74, 6) is -0.751. The van der Waals surface area contributed by atoms with Gasteiger partial charge in [0.2, 0.25) is 5.91 Å². The molecule has 140 valence electrons. The number of rotatable bonds is 6. The zero-order valence-corrected chi connectivity index (χ0v) is 16.2. The van der Waals surface area contributed by atoms with E-state index < -0.39 is 11.9 Å². The van der Waals surface area contributed by atoms with Gasteiger partial charge in [-0.15, -0.1) is 0 Å². The minimum absolute atomic E-state index is 0.0692. The van der Waals surface area contributed by atoms with Crippen molar-refractivity contribution in [3.63, 3.8) is 0 Å². The minimum atomic E-state index is -0.481. The lowest BCUT2D eigenvalue weighted by Crippen LogP contribution is -2.23. The number of hydrogen-bond donors (Lipinski definition) is 1. The van der Waals surface area contributed by atoms with E-state index in [1.807, 2.05) is 12.1 Å². The molecule has 0 radical (unpaired) electrons. The first-order valence-corrected chi connectivity index (χ1v) is 9.41. The van der Waals surface area contributed by atoms with Crippen LogP contribution in [0.2, 0.25) is 0 Å². The normalized spacial score (nSPS) is 13.5. The number of benzene rings is 2. The molecule has 27 heavy (non-hydrogen) atoms. The maximum absolute atomic E-state index is 11.9. The second kappa shape index (κ2) is 8.81. The summed E-state index contributed by atoms with van der Waals surface area (Å²) in [5, 5.41) is 2.66. The number of esters is 1. The van der Waals surface area contributed by atoms with Gasteiger partial charge in [0.05, 0.1) is 6.42 Å². The highest BCUT2D eigenvalue weighted by atomic mass is 79.9. The zero-order chi connectivity index (χ0) is 19.2. The SMILES string of the molecule is O=C(COC(=O)Cc1ccc(N2CCCC2=O)cc1)Nc1ccc(Br)cc1. The van der Waals surface area contributed by atoms with Crippen LogP contribution in [-0.4, -0.2) is 30.9 Å². The molecular formula is C20H19BrN2O4. The van der Waals surface area contributed by atoms with Crippen LogP contribution >= 0.6 is 15.9 Å². The van der Waals surface area contributed by atoms with E-state index in [1.54, 1.807) is 41.3 Å². The molecule has 1 heterocycles. The number of anilines is 2. The second-order valence-corrected chi connectivity index (χ2v) is 7.12. The van der Waals surface area contributed by atoms with E-state index in [1.165, 1.54) is 0 Å². The van der Waals surface area contributed by atoms with Crippen LogP contribution in [0.1, 0.15) is 18.4 Å². The molecule has 0 aromatic heterocycles. The van der Waals surface area contributed by atoms with Gasteiger partial charge in [0.1, 0.15) is 0 Å². The lowest BCUT2D eigenvalue weighted by molar-refractivity contribution is -0.146. The molecule has 1 aliphatic rings. The Bertz CT molecular complexity index is 834. The van der Waals surface area contributed by atoms with Crippen molar-refractivity contribution in [1.29, 1.82) is 0 Å². The van der Waals surface area contributed by atoms with Crippen LogP contribution in [0, 0.1) is 0 Å². The molecule has 0 atom stereocenters. The number of carbonyl (C=O) groups is 3. The van der Waals surface area contributed by atoms with Gasteiger partial charge < -0.3 is 15.0 Å². The lowest BCUT2D eigenvalue weighted by Gasteiger charge is -2.15. The maximum Gasteiger partial charge on any atom is 0.310 e. The number of halogens is 1. The molecule has 6 nitrogen and oxygen atoms in total. The number of ether oxygens (including phenoxy) is 1. The van der Waals surface area contributed by atoms with Crippen molar-refractivity contribution < 1.29 is 19.1 Å². The summed E-state index contributed by atoms with van der Waals surface area (Å²) >= 11 is 3.32. The highest BCUT2D eigenvalue weighted by molar-refractivity contribution is 9.10. The molecule has 0 spiro atoms. The molecule has 7 heteroatoms. The molecule has 0 aliphatic carbocycles. The molecule has 1 aliphatic heterocycles. The van der Waals surface area contributed by atoms with Crippen molar-refractivity contribution in [3.05, 3.63) is 58.6 Å². The number of nitrogens with one attached hydrogen (secondary N) is 1. The fourth-order valence-electron chi connectivity index (χ4n) is 2.81. The Morgan fingerprint density at radius 1 is 1.07 bits per heavy atom. The fourth-order valence-corrected chi connectivity index (χ4v) is 3.07. The first-order chi connectivity index (χ1) is 13.0. The number of carbonyl (C=O) groups excluding carboxylic acids is 3. The number of nitrogens with zero attached hydrogens (tertiary/aromatic N) is 1. The Balaban J connectivity index is 1.45. The van der Waals surface area contributed by atoms with E-state index in [4.69, 9.17) is 4.74 Å². The smallest absolute Gasteiger partial charge is 0.310 e. The summed E-state index contributed by atoms with van der Waals surface area (Å²) in [4.78, 5) is 37.3. The molecule has 0 saturated carbocycles. The molecule has 0 unspecified atom stereocenters. The van der Waals surface area contributed by atoms with Gasteiger partial charge >= 0.3 is 5.97 Å². The van der Waals surface area contributed by atoms with Crippen LogP contribution in [0.4, 0.5) is 11.4 Å². The predicted octanol–water partition coefficient (Wildman–Crippen LogP) is 3.30. The number of amides is 2. The summed E-state index contributed by atoms with van der Waals surface area (Å²) in [7, 11) is 0. The minimum Gasteiger partial charge on any atom is -0.455 e. The molecule has 2 aromatic rings. The Morgan fingerprint density at radius 3 is 2.41 bits per heavy atom. The highest BCUT2D eigenvalue weighted by Gasteiger charge is 2.21. The van der Waals surface area contributed by atoms with Crippen LogP contribution in [0.5, 0.6) is 0 Å². The van der Waals surface area contributed by atoms with E-state index in [-0.39, 0.29) is 18.9 Å². The van der Waals surface area contributed by atoms with E-state index >= 15 is 0 Å². The zero-order valence-electron chi connectivity index (χ0n) is 14.6. The first kappa shape index (κ1) is 19.1. The molecular weight excluding hydrogens is 412 g/mol. The van der Waals surface area contributed by atoms with Gasteiger partial charge in [0, 0.05) is 28.8 Å². The first-order valence-electron chi connectivity index (χ1n) is 8.61. The van der Waals surface area contributed by atoms with Crippen LogP contribution in [-0.2, 0) is 25.5 Å². The average molecular weight is 431 g/mol. The third-order valence-electron chi connectivity index (χ3n) is 4.16. The van der Waals surface area contributed by atoms with Crippen LogP contribution in [0.3, 0.4) is 0 Å². The van der Waals surface area contributed by atoms with E-state index in [9.17, 15) is 14.4 Å². The standard InChI is InChI=1S/C20H19BrN2O4/c21-15-5-7-16(8-6-15)22-18(24)13-27-20(26)12-14-3-9-17(10-4-14)23-11-1-2-19(23)25/h3-10H,1-2,11-13H2,(H,22,24). The highest BCUT2D eigenvalue weighted by Crippen LogP contribution is 2.21. The van der Waals surface area contributed by atoms with Crippen LogP contribution in [0.25, 0.3) is 0 Å². The molecule has 2 amide bonds. The largest absolute Gasteiger partial charge is 0.455 e. The third-order valence-corrected chi connectivity index (χ3v) is 4.69. The van der Waals surface area contributed by atoms with Crippen molar-refractivity contribution in [2.45, 2.75) is 19.3 Å². The van der Waals surface area contributed by atoms with Crippen molar-refractivity contribution >= 4 is 45.1 Å². The van der Waals surface area contributed by atoms with Crippen molar-refractivity contribution in [1.82, 2.24) is 0 Å². The summed E-state index contributed by atoms with van der Waals surface area (Å²) in [6.07, 6.45) is 1.52. The van der Waals surface area contributed by atoms with Gasteiger partial charge in [-0.2, -0.15) is 0 Å². The predicted molar refractivity (Wildman–Crippen MR) is 105 cm³/mol. The maximum atomic E-state index is 11.9. The lowest BCUT2D eigenvalue weighted by atomic mass is 10.1. The third kappa shape index (κ3) is 5.40. The monoisotopic (exact) mass is 430 g/mol. The Labute approximate surface area is 165 Å². The molecule has 1 N–H and O–H groups in total. The van der Waals surface area contributed by atoms with Crippen molar-refractivity contribution in [3.8, 4) is 0 Å². The van der Waals surface area contributed by atoms with Gasteiger partial charge in [-0.3, -0.25) is 14.4 Å². The molecule has 1 fully saturated rings. The molecule has 1 saturated heterocycles. The molecule has 0 bridgehead atoms. The Morgan fingerprint density at radius 2 is 1.78 bits per heavy atom. The van der Waals surface area contributed by atoms with Gasteiger partial charge in [-0.25, -0.2) is 0 Å². The summed E-state index contributed by atoms with van der Waals surface area (Å²) in [6, 6.07) is 14.3. The summed E-state index contributed by atoms with van der Waals surface area (Å²) < 4.78 is 5.94. The van der Waals surface area contributed by atoms with Gasteiger partial charge in [0.25, 0.3) is 5.91 Å². The van der Waals surface area contributed by atoms with Crippen LogP contribution < -0.4 is 10.2 Å². The van der Waals surface area contributed by atoms with Crippen LogP contribution in [0.15, 0.2) is 53.0 Å². The quantitative estimate of drug-likeness (QED) is 0.713. The van der Waals surface area contributed by atoms with Crippen molar-refractivity contribution in [2.75, 3.05) is 23.4 Å². The number of hydrogen-bond acceptors (Lipinski definition) is 4. The summed E-state index contributed by atoms with van der Waals surface area (Å²) in [6.45, 7) is 0.392. The van der Waals surface area contributed by atoms with Gasteiger partial charge in [-0.05, 0) is 48.4 Å². The average Bonchev–Trinajstić information content (AvgIpc) is 3.09.